The number of pyridine rings is 1. The van der Waals surface area contributed by atoms with Crippen LogP contribution in [0.2, 0.25) is 0 Å². The summed E-state index contributed by atoms with van der Waals surface area (Å²) in [5, 5.41) is 5.03. The summed E-state index contributed by atoms with van der Waals surface area (Å²) in [5.41, 5.74) is 8.57. The van der Waals surface area contributed by atoms with Crippen LogP contribution in [-0.4, -0.2) is 17.1 Å². The predicted molar refractivity (Wildman–Crippen MR) is 124 cm³/mol. The molecular weight excluding hydrogens is 370 g/mol. The molecule has 1 saturated carbocycles. The van der Waals surface area contributed by atoms with E-state index in [4.69, 9.17) is 4.98 Å². The molecule has 0 bridgehead atoms. The van der Waals surface area contributed by atoms with Crippen molar-refractivity contribution >= 4 is 29.1 Å². The van der Waals surface area contributed by atoms with E-state index in [0.717, 1.165) is 40.6 Å². The maximum Gasteiger partial charge on any atom is 0.272 e. The highest BCUT2D eigenvalue weighted by Gasteiger charge is 2.26. The number of carbonyl (C=O) groups excluding carboxylic acids is 1. The fraction of sp³-hybridized carbons (Fsp3) is 0.269. The average Bonchev–Trinajstić information content (AvgIpc) is 3.58. The first-order valence-corrected chi connectivity index (χ1v) is 10.5. The Bertz CT molecular complexity index is 1120. The first kappa shape index (κ1) is 20.0. The van der Waals surface area contributed by atoms with Gasteiger partial charge in [0.2, 0.25) is 0 Å². The van der Waals surface area contributed by atoms with Crippen molar-refractivity contribution in [1.82, 2.24) is 10.4 Å². The number of amides is 1. The number of benzene rings is 2. The van der Waals surface area contributed by atoms with Crippen LogP contribution in [0.1, 0.15) is 72.6 Å². The summed E-state index contributed by atoms with van der Waals surface area (Å²) in [7, 11) is 0. The van der Waals surface area contributed by atoms with Crippen LogP contribution in [0.4, 0.5) is 0 Å². The van der Waals surface area contributed by atoms with E-state index >= 15 is 0 Å². The lowest BCUT2D eigenvalue weighted by Gasteiger charge is -2.08. The van der Waals surface area contributed by atoms with E-state index in [-0.39, 0.29) is 5.91 Å². The van der Waals surface area contributed by atoms with Gasteiger partial charge in [0.25, 0.3) is 5.91 Å². The number of nitrogens with one attached hydrogen (secondary N) is 1. The lowest BCUT2D eigenvalue weighted by molar-refractivity contribution is 0.0956. The Morgan fingerprint density at radius 2 is 1.87 bits per heavy atom. The van der Waals surface area contributed by atoms with Crippen molar-refractivity contribution in [3.8, 4) is 0 Å². The second-order valence-corrected chi connectivity index (χ2v) is 8.29. The van der Waals surface area contributed by atoms with Gasteiger partial charge in [0.05, 0.1) is 17.3 Å². The molecule has 4 heteroatoms. The van der Waals surface area contributed by atoms with Crippen molar-refractivity contribution in [1.29, 1.82) is 0 Å². The number of nitrogens with zero attached hydrogens (tertiary/aromatic N) is 2. The van der Waals surface area contributed by atoms with Crippen molar-refractivity contribution in [2.24, 2.45) is 5.10 Å². The largest absolute Gasteiger partial charge is 0.272 e. The van der Waals surface area contributed by atoms with Crippen molar-refractivity contribution < 1.29 is 4.79 Å². The molecule has 1 aliphatic rings. The van der Waals surface area contributed by atoms with E-state index in [1.54, 1.807) is 6.21 Å². The molecule has 0 unspecified atom stereocenters. The molecule has 1 aromatic heterocycles. The average molecular weight is 398 g/mol. The van der Waals surface area contributed by atoms with Gasteiger partial charge in [-0.3, -0.25) is 9.78 Å². The third-order valence-corrected chi connectivity index (χ3v) is 5.41. The number of hydrogen-bond acceptors (Lipinski definition) is 3. The molecule has 0 radical (unpaired) electrons. The van der Waals surface area contributed by atoms with Gasteiger partial charge in [-0.2, -0.15) is 5.10 Å². The minimum atomic E-state index is -0.208. The zero-order valence-corrected chi connectivity index (χ0v) is 17.7. The van der Waals surface area contributed by atoms with Gasteiger partial charge in [-0.1, -0.05) is 62.4 Å². The predicted octanol–water partition coefficient (Wildman–Crippen LogP) is 6.05. The van der Waals surface area contributed by atoms with Crippen LogP contribution in [0.25, 0.3) is 17.0 Å². The molecule has 0 atom stereocenters. The number of carbonyl (C=O) groups is 1. The summed E-state index contributed by atoms with van der Waals surface area (Å²) in [6.45, 7) is 6.34. The molecule has 4 rings (SSSR count). The van der Waals surface area contributed by atoms with E-state index < -0.39 is 0 Å². The Labute approximate surface area is 177 Å². The van der Waals surface area contributed by atoms with E-state index in [1.807, 2.05) is 43.3 Å². The first-order valence-electron chi connectivity index (χ1n) is 10.5. The number of fused-ring (bicyclic) bond motifs is 1. The van der Waals surface area contributed by atoms with Gasteiger partial charge in [-0.05, 0) is 54.5 Å². The maximum atomic E-state index is 12.8. The fourth-order valence-electron chi connectivity index (χ4n) is 3.50. The normalized spacial score (nSPS) is 14.6. The molecule has 0 saturated heterocycles. The van der Waals surface area contributed by atoms with Crippen LogP contribution in [0, 0.1) is 0 Å². The first-order chi connectivity index (χ1) is 14.5. The summed E-state index contributed by atoms with van der Waals surface area (Å²) in [5.74, 6) is 0.795. The molecule has 30 heavy (non-hydrogen) atoms. The third-order valence-electron chi connectivity index (χ3n) is 5.41. The molecule has 3 aromatic rings. The molecule has 1 amide bonds. The van der Waals surface area contributed by atoms with Gasteiger partial charge in [0.15, 0.2) is 0 Å². The molecule has 1 fully saturated rings. The van der Waals surface area contributed by atoms with Gasteiger partial charge < -0.3 is 0 Å². The Morgan fingerprint density at radius 3 is 2.57 bits per heavy atom. The number of hydrogen-bond donors (Lipinski definition) is 1. The van der Waals surface area contributed by atoms with Gasteiger partial charge in [0, 0.05) is 17.0 Å². The highest BCUT2D eigenvalue weighted by molar-refractivity contribution is 6.06. The van der Waals surface area contributed by atoms with Gasteiger partial charge in [-0.25, -0.2) is 5.43 Å². The minimum Gasteiger partial charge on any atom is -0.267 e. The standard InChI is InChI=1S/C26H27N3O/c1-17(2)20-10-8-19(9-11-20)14-18(3)16-27-29-26(30)23-15-25(21-12-13-21)28-24-7-5-4-6-22(23)24/h4-11,14-17,21H,12-13H2,1-3H3,(H,29,30)/b18-14-,27-16+. The summed E-state index contributed by atoms with van der Waals surface area (Å²) >= 11 is 0. The molecule has 152 valence electrons. The topological polar surface area (TPSA) is 54.4 Å². The smallest absolute Gasteiger partial charge is 0.267 e. The second-order valence-electron chi connectivity index (χ2n) is 8.29. The molecule has 0 spiro atoms. The zero-order chi connectivity index (χ0) is 21.1. The monoisotopic (exact) mass is 397 g/mol. The highest BCUT2D eigenvalue weighted by atomic mass is 16.2. The Hall–Kier alpha value is -3.27. The van der Waals surface area contributed by atoms with Crippen LogP contribution < -0.4 is 5.43 Å². The quantitative estimate of drug-likeness (QED) is 0.406. The zero-order valence-electron chi connectivity index (χ0n) is 17.7. The summed E-state index contributed by atoms with van der Waals surface area (Å²) in [6.07, 6.45) is 6.02. The number of aromatic nitrogens is 1. The van der Waals surface area contributed by atoms with Crippen LogP contribution >= 0.6 is 0 Å². The van der Waals surface area contributed by atoms with Gasteiger partial charge >= 0.3 is 0 Å². The van der Waals surface area contributed by atoms with Crippen LogP contribution in [0.3, 0.4) is 0 Å². The molecular formula is C26H27N3O. The van der Waals surface area contributed by atoms with E-state index in [2.05, 4.69) is 48.6 Å². The molecule has 0 aliphatic heterocycles. The number of allylic oxidation sites excluding steroid dienone is 1. The minimum absolute atomic E-state index is 0.208. The van der Waals surface area contributed by atoms with Crippen molar-refractivity contribution in [2.45, 2.75) is 45.4 Å². The van der Waals surface area contributed by atoms with E-state index in [9.17, 15) is 4.79 Å². The molecule has 2 aromatic carbocycles. The van der Waals surface area contributed by atoms with Crippen LogP contribution in [0.15, 0.2) is 65.3 Å². The van der Waals surface area contributed by atoms with Crippen molar-refractivity contribution in [3.63, 3.8) is 0 Å². The summed E-state index contributed by atoms with van der Waals surface area (Å²) < 4.78 is 0. The summed E-state index contributed by atoms with van der Waals surface area (Å²) in [4.78, 5) is 17.5. The Morgan fingerprint density at radius 1 is 1.13 bits per heavy atom. The molecule has 1 N–H and O–H groups in total. The van der Waals surface area contributed by atoms with E-state index in [0.29, 0.717) is 17.4 Å². The summed E-state index contributed by atoms with van der Waals surface area (Å²) in [6, 6.07) is 18.2. The number of para-hydroxylation sites is 1. The van der Waals surface area contributed by atoms with E-state index in [1.165, 1.54) is 5.56 Å². The number of hydrazone groups is 1. The van der Waals surface area contributed by atoms with Crippen LogP contribution in [-0.2, 0) is 0 Å². The third kappa shape index (κ3) is 4.65. The molecule has 1 heterocycles. The van der Waals surface area contributed by atoms with Gasteiger partial charge in [-0.15, -0.1) is 0 Å². The molecule has 4 nitrogen and oxygen atoms in total. The van der Waals surface area contributed by atoms with Crippen molar-refractivity contribution in [2.75, 3.05) is 0 Å². The van der Waals surface area contributed by atoms with Crippen LogP contribution in [0.5, 0.6) is 0 Å². The lowest BCUT2D eigenvalue weighted by atomic mass is 10.0. The fourth-order valence-corrected chi connectivity index (χ4v) is 3.50. The molecule has 1 aliphatic carbocycles. The highest BCUT2D eigenvalue weighted by Crippen LogP contribution is 2.40. The van der Waals surface area contributed by atoms with Crippen molar-refractivity contribution in [3.05, 3.63) is 82.6 Å². The number of rotatable bonds is 6. The maximum absolute atomic E-state index is 12.8. The SMILES string of the molecule is CC(=C/c1ccc(C(C)C)cc1)/C=N/NC(=O)c1cc(C2CC2)nc2ccccc12. The Kier molecular flexibility index (Phi) is 5.75. The van der Waals surface area contributed by atoms with Gasteiger partial charge in [0.1, 0.15) is 0 Å². The second kappa shape index (κ2) is 8.62. The lowest BCUT2D eigenvalue weighted by Crippen LogP contribution is -2.18. The Balaban J connectivity index is 1.48.